The summed E-state index contributed by atoms with van der Waals surface area (Å²) in [7, 11) is 3.64. The van der Waals surface area contributed by atoms with Crippen molar-refractivity contribution in [2.24, 2.45) is 7.05 Å². The van der Waals surface area contributed by atoms with Gasteiger partial charge in [-0.2, -0.15) is 5.10 Å². The number of aryl methyl sites for hydroxylation is 3. The average Bonchev–Trinajstić information content (AvgIpc) is 2.63. The molecule has 3 heteroatoms. The predicted octanol–water partition coefficient (Wildman–Crippen LogP) is 2.71. The van der Waals surface area contributed by atoms with Gasteiger partial charge in [0.05, 0.1) is 12.8 Å². The third-order valence-corrected chi connectivity index (χ3v) is 2.74. The standard InChI is InChI=1S/C13H16N2O/c1-9-7-10(2)13(12(8-9)16-4)11-5-6-14-15(11)3/h5-8H,1-4H3. The molecule has 1 heterocycles. The van der Waals surface area contributed by atoms with Crippen molar-refractivity contribution in [1.29, 1.82) is 0 Å². The lowest BCUT2D eigenvalue weighted by Gasteiger charge is -2.13. The minimum absolute atomic E-state index is 0.904. The van der Waals surface area contributed by atoms with Crippen molar-refractivity contribution in [2.75, 3.05) is 7.11 Å². The smallest absolute Gasteiger partial charge is 0.128 e. The molecule has 84 valence electrons. The van der Waals surface area contributed by atoms with E-state index in [1.807, 2.05) is 17.8 Å². The predicted molar refractivity (Wildman–Crippen MR) is 64.7 cm³/mol. The third-order valence-electron chi connectivity index (χ3n) is 2.74. The van der Waals surface area contributed by atoms with Gasteiger partial charge in [0.2, 0.25) is 0 Å². The summed E-state index contributed by atoms with van der Waals surface area (Å²) in [5.41, 5.74) is 4.61. The van der Waals surface area contributed by atoms with Crippen LogP contribution in [0.15, 0.2) is 24.4 Å². The highest BCUT2D eigenvalue weighted by Gasteiger charge is 2.12. The van der Waals surface area contributed by atoms with E-state index >= 15 is 0 Å². The van der Waals surface area contributed by atoms with Gasteiger partial charge >= 0.3 is 0 Å². The fraction of sp³-hybridized carbons (Fsp3) is 0.308. The molecule has 1 aromatic carbocycles. The van der Waals surface area contributed by atoms with Crippen molar-refractivity contribution in [3.8, 4) is 17.0 Å². The first-order chi connectivity index (χ1) is 7.63. The Morgan fingerprint density at radius 3 is 2.56 bits per heavy atom. The summed E-state index contributed by atoms with van der Waals surface area (Å²) in [5, 5.41) is 4.19. The maximum atomic E-state index is 5.44. The Bertz CT molecular complexity index is 515. The van der Waals surface area contributed by atoms with Crippen molar-refractivity contribution in [1.82, 2.24) is 9.78 Å². The summed E-state index contributed by atoms with van der Waals surface area (Å²) in [5.74, 6) is 0.904. The minimum atomic E-state index is 0.904. The van der Waals surface area contributed by atoms with Crippen LogP contribution in [0.2, 0.25) is 0 Å². The average molecular weight is 216 g/mol. The second-order valence-electron chi connectivity index (χ2n) is 4.00. The maximum absolute atomic E-state index is 5.44. The van der Waals surface area contributed by atoms with Gasteiger partial charge in [0.25, 0.3) is 0 Å². The molecule has 0 aliphatic carbocycles. The number of benzene rings is 1. The van der Waals surface area contributed by atoms with Gasteiger partial charge in [-0.3, -0.25) is 4.68 Å². The number of hydrogen-bond donors (Lipinski definition) is 0. The second-order valence-corrected chi connectivity index (χ2v) is 4.00. The summed E-state index contributed by atoms with van der Waals surface area (Å²) in [6, 6.07) is 6.21. The number of rotatable bonds is 2. The normalized spacial score (nSPS) is 10.5. The van der Waals surface area contributed by atoms with Crippen LogP contribution in [-0.2, 0) is 7.05 Å². The molecule has 0 saturated carbocycles. The molecule has 0 aliphatic rings. The van der Waals surface area contributed by atoms with E-state index in [1.54, 1.807) is 13.3 Å². The van der Waals surface area contributed by atoms with Gasteiger partial charge in [-0.05, 0) is 37.1 Å². The van der Waals surface area contributed by atoms with E-state index in [-0.39, 0.29) is 0 Å². The molecule has 3 nitrogen and oxygen atoms in total. The van der Waals surface area contributed by atoms with Gasteiger partial charge in [0, 0.05) is 18.8 Å². The molecule has 0 N–H and O–H groups in total. The Kier molecular flexibility index (Phi) is 2.69. The highest BCUT2D eigenvalue weighted by atomic mass is 16.5. The molecule has 0 radical (unpaired) electrons. The van der Waals surface area contributed by atoms with Crippen LogP contribution in [0.5, 0.6) is 5.75 Å². The Balaban J connectivity index is 2.69. The summed E-state index contributed by atoms with van der Waals surface area (Å²) >= 11 is 0. The van der Waals surface area contributed by atoms with E-state index in [0.717, 1.165) is 17.0 Å². The van der Waals surface area contributed by atoms with Gasteiger partial charge in [0.1, 0.15) is 5.75 Å². The molecular weight excluding hydrogens is 200 g/mol. The van der Waals surface area contributed by atoms with Crippen LogP contribution >= 0.6 is 0 Å². The fourth-order valence-corrected chi connectivity index (χ4v) is 2.04. The molecule has 16 heavy (non-hydrogen) atoms. The van der Waals surface area contributed by atoms with Crippen LogP contribution in [0.4, 0.5) is 0 Å². The first-order valence-electron chi connectivity index (χ1n) is 5.27. The van der Waals surface area contributed by atoms with Crippen molar-refractivity contribution >= 4 is 0 Å². The highest BCUT2D eigenvalue weighted by molar-refractivity contribution is 5.71. The summed E-state index contributed by atoms with van der Waals surface area (Å²) in [4.78, 5) is 0. The van der Waals surface area contributed by atoms with Crippen molar-refractivity contribution in [2.45, 2.75) is 13.8 Å². The number of ether oxygens (including phenoxy) is 1. The lowest BCUT2D eigenvalue weighted by molar-refractivity contribution is 0.415. The Labute approximate surface area is 95.7 Å². The second kappa shape index (κ2) is 4.00. The Hall–Kier alpha value is -1.77. The van der Waals surface area contributed by atoms with Crippen molar-refractivity contribution < 1.29 is 4.74 Å². The molecule has 0 unspecified atom stereocenters. The summed E-state index contributed by atoms with van der Waals surface area (Å²) < 4.78 is 7.31. The van der Waals surface area contributed by atoms with Crippen molar-refractivity contribution in [3.63, 3.8) is 0 Å². The molecule has 0 amide bonds. The lowest BCUT2D eigenvalue weighted by Crippen LogP contribution is -1.98. The number of aromatic nitrogens is 2. The van der Waals surface area contributed by atoms with Crippen LogP contribution in [0.3, 0.4) is 0 Å². The van der Waals surface area contributed by atoms with E-state index in [0.29, 0.717) is 0 Å². The third kappa shape index (κ3) is 1.69. The first-order valence-corrected chi connectivity index (χ1v) is 5.27. The largest absolute Gasteiger partial charge is 0.496 e. The van der Waals surface area contributed by atoms with Gasteiger partial charge < -0.3 is 4.74 Å². The summed E-state index contributed by atoms with van der Waals surface area (Å²) in [6.07, 6.45) is 1.80. The monoisotopic (exact) mass is 216 g/mol. The highest BCUT2D eigenvalue weighted by Crippen LogP contribution is 2.33. The number of nitrogens with zero attached hydrogens (tertiary/aromatic N) is 2. The zero-order valence-corrected chi connectivity index (χ0v) is 10.1. The van der Waals surface area contributed by atoms with E-state index in [9.17, 15) is 0 Å². The molecule has 0 fully saturated rings. The van der Waals surface area contributed by atoms with Gasteiger partial charge in [-0.1, -0.05) is 6.07 Å². The minimum Gasteiger partial charge on any atom is -0.496 e. The first kappa shape index (κ1) is 10.7. The zero-order valence-electron chi connectivity index (χ0n) is 10.1. The molecule has 0 atom stereocenters. The molecule has 0 spiro atoms. The van der Waals surface area contributed by atoms with Crippen LogP contribution in [0, 0.1) is 13.8 Å². The fourth-order valence-electron chi connectivity index (χ4n) is 2.04. The van der Waals surface area contributed by atoms with E-state index in [4.69, 9.17) is 4.74 Å². The maximum Gasteiger partial charge on any atom is 0.128 e. The van der Waals surface area contributed by atoms with E-state index in [2.05, 4.69) is 31.1 Å². The molecule has 2 aromatic rings. The SMILES string of the molecule is COc1cc(C)cc(C)c1-c1ccnn1C. The number of methoxy groups -OCH3 is 1. The number of hydrogen-bond acceptors (Lipinski definition) is 2. The van der Waals surface area contributed by atoms with Crippen molar-refractivity contribution in [3.05, 3.63) is 35.5 Å². The van der Waals surface area contributed by atoms with Crippen LogP contribution in [-0.4, -0.2) is 16.9 Å². The Morgan fingerprint density at radius 2 is 2.00 bits per heavy atom. The van der Waals surface area contributed by atoms with Crippen LogP contribution in [0.25, 0.3) is 11.3 Å². The summed E-state index contributed by atoms with van der Waals surface area (Å²) in [6.45, 7) is 4.17. The van der Waals surface area contributed by atoms with Crippen LogP contribution in [0.1, 0.15) is 11.1 Å². The Morgan fingerprint density at radius 1 is 1.25 bits per heavy atom. The molecule has 0 aliphatic heterocycles. The molecule has 2 rings (SSSR count). The molecular formula is C13H16N2O. The topological polar surface area (TPSA) is 27.1 Å². The van der Waals surface area contributed by atoms with Gasteiger partial charge in [-0.25, -0.2) is 0 Å². The van der Waals surface area contributed by atoms with Crippen LogP contribution < -0.4 is 4.74 Å². The molecule has 1 aromatic heterocycles. The van der Waals surface area contributed by atoms with E-state index in [1.165, 1.54) is 11.1 Å². The lowest BCUT2D eigenvalue weighted by atomic mass is 10.0. The molecule has 0 saturated heterocycles. The van der Waals surface area contributed by atoms with Gasteiger partial charge in [-0.15, -0.1) is 0 Å². The van der Waals surface area contributed by atoms with Gasteiger partial charge in [0.15, 0.2) is 0 Å². The molecule has 0 bridgehead atoms. The van der Waals surface area contributed by atoms with E-state index < -0.39 is 0 Å². The zero-order chi connectivity index (χ0) is 11.7. The quantitative estimate of drug-likeness (QED) is 0.771.